The van der Waals surface area contributed by atoms with Gasteiger partial charge in [0.15, 0.2) is 6.07 Å². The van der Waals surface area contributed by atoms with Crippen molar-refractivity contribution < 1.29 is 19.1 Å². The number of amides is 1. The number of halogens is 1. The first-order valence-electron chi connectivity index (χ1n) is 6.84. The number of hydrogen-bond acceptors (Lipinski definition) is 4. The van der Waals surface area contributed by atoms with Crippen LogP contribution in [0.25, 0.3) is 0 Å². The van der Waals surface area contributed by atoms with Gasteiger partial charge in [0.2, 0.25) is 0 Å². The van der Waals surface area contributed by atoms with Crippen LogP contribution >= 0.6 is 11.6 Å². The molecule has 0 aromatic heterocycles. The fourth-order valence-corrected chi connectivity index (χ4v) is 1.75. The van der Waals surface area contributed by atoms with Crippen molar-refractivity contribution in [2.24, 2.45) is 0 Å². The third-order valence-corrected chi connectivity index (χ3v) is 2.89. The summed E-state index contributed by atoms with van der Waals surface area (Å²) in [7, 11) is 0. The molecule has 1 aromatic carbocycles. The maximum atomic E-state index is 11.8. The Kier molecular flexibility index (Phi) is 8.28. The van der Waals surface area contributed by atoms with Crippen molar-refractivity contribution in [2.45, 2.75) is 26.4 Å². The second-order valence-electron chi connectivity index (χ2n) is 4.44. The number of hydrogen-bond donors (Lipinski definition) is 0. The molecule has 5 nitrogen and oxygen atoms in total. The third kappa shape index (κ3) is 6.99. The monoisotopic (exact) mass is 313 g/mol. The molecule has 21 heavy (non-hydrogen) atoms. The lowest BCUT2D eigenvalue weighted by Gasteiger charge is -2.20. The van der Waals surface area contributed by atoms with E-state index in [-0.39, 0.29) is 19.2 Å². The average Bonchev–Trinajstić information content (AvgIpc) is 2.50. The lowest BCUT2D eigenvalue weighted by Crippen LogP contribution is -2.37. The number of unbranched alkanes of at least 4 members (excludes halogenated alkanes) is 1. The summed E-state index contributed by atoms with van der Waals surface area (Å²) in [5.74, 6) is -0.471. The molecule has 1 amide bonds. The van der Waals surface area contributed by atoms with Crippen molar-refractivity contribution in [3.05, 3.63) is 35.9 Å². The first kappa shape index (κ1) is 17.3. The highest BCUT2D eigenvalue weighted by Crippen LogP contribution is 2.04. The van der Waals surface area contributed by atoms with Gasteiger partial charge in [-0.1, -0.05) is 55.3 Å². The number of ether oxygens (including phenoxy) is 2. The fraction of sp³-hybridized carbons (Fsp3) is 0.467. The van der Waals surface area contributed by atoms with Crippen LogP contribution in [0.15, 0.2) is 30.3 Å². The smallest absolute Gasteiger partial charge is 0.411 e. The van der Waals surface area contributed by atoms with E-state index >= 15 is 0 Å². The van der Waals surface area contributed by atoms with Gasteiger partial charge in [0.25, 0.3) is 0 Å². The first-order valence-corrected chi connectivity index (χ1v) is 7.38. The Morgan fingerprint density at radius 2 is 1.90 bits per heavy atom. The Morgan fingerprint density at radius 1 is 1.19 bits per heavy atom. The molecule has 0 aliphatic heterocycles. The molecule has 0 N–H and O–H groups in total. The molecule has 0 fully saturated rings. The lowest BCUT2D eigenvalue weighted by molar-refractivity contribution is -0.145. The maximum absolute atomic E-state index is 11.8. The number of carbonyl (C=O) groups is 2. The highest BCUT2D eigenvalue weighted by molar-refractivity contribution is 6.17. The topological polar surface area (TPSA) is 55.8 Å². The zero-order valence-electron chi connectivity index (χ0n) is 12.1. The number of nitrogens with zero attached hydrogens (tertiary/aromatic N) is 1. The first-order chi connectivity index (χ1) is 10.2. The van der Waals surface area contributed by atoms with Gasteiger partial charge >= 0.3 is 12.1 Å². The fourth-order valence-electron chi connectivity index (χ4n) is 1.66. The predicted octanol–water partition coefficient (Wildman–Crippen LogP) is 3.16. The zero-order chi connectivity index (χ0) is 15.5. The number of rotatable bonds is 8. The molecular formula is C15H20ClNO4. The van der Waals surface area contributed by atoms with Crippen LogP contribution in [0.1, 0.15) is 25.3 Å². The molecule has 0 aliphatic carbocycles. The molecule has 0 bridgehead atoms. The van der Waals surface area contributed by atoms with Crippen LogP contribution in [-0.2, 0) is 20.9 Å². The van der Waals surface area contributed by atoms with Gasteiger partial charge in [-0.25, -0.2) is 4.79 Å². The molecule has 116 valence electrons. The number of benzene rings is 1. The van der Waals surface area contributed by atoms with E-state index in [1.807, 2.05) is 37.3 Å². The van der Waals surface area contributed by atoms with Gasteiger partial charge in [-0.2, -0.15) is 0 Å². The summed E-state index contributed by atoms with van der Waals surface area (Å²) in [5.41, 5.74) is 0.897. The number of esters is 1. The Bertz CT molecular complexity index is 439. The average molecular weight is 314 g/mol. The minimum Gasteiger partial charge on any atom is -0.459 e. The van der Waals surface area contributed by atoms with Gasteiger partial charge < -0.3 is 9.47 Å². The molecule has 0 spiro atoms. The molecule has 1 aromatic rings. The Labute approximate surface area is 129 Å². The number of carbonyl (C=O) groups excluding carboxylic acids is 2. The second kappa shape index (κ2) is 10.0. The van der Waals surface area contributed by atoms with Gasteiger partial charge in [0.05, 0.1) is 0 Å². The van der Waals surface area contributed by atoms with E-state index in [1.165, 1.54) is 4.90 Å². The van der Waals surface area contributed by atoms with Gasteiger partial charge in [-0.15, -0.1) is 0 Å². The van der Waals surface area contributed by atoms with Gasteiger partial charge in [0, 0.05) is 6.54 Å². The van der Waals surface area contributed by atoms with Crippen LogP contribution in [0.3, 0.4) is 0 Å². The summed E-state index contributed by atoms with van der Waals surface area (Å²) < 4.78 is 9.85. The quantitative estimate of drug-likeness (QED) is 0.546. The summed E-state index contributed by atoms with van der Waals surface area (Å²) in [6.07, 6.45) is 1.09. The Hall–Kier alpha value is -1.75. The Morgan fingerprint density at radius 3 is 2.52 bits per heavy atom. The van der Waals surface area contributed by atoms with Crippen molar-refractivity contribution in [1.29, 1.82) is 0 Å². The molecule has 0 radical (unpaired) electrons. The van der Waals surface area contributed by atoms with Gasteiger partial charge in [0.1, 0.15) is 13.2 Å². The van der Waals surface area contributed by atoms with Gasteiger partial charge in [-0.3, -0.25) is 9.69 Å². The van der Waals surface area contributed by atoms with E-state index in [4.69, 9.17) is 21.1 Å². The molecule has 0 saturated heterocycles. The van der Waals surface area contributed by atoms with Gasteiger partial charge in [-0.05, 0) is 12.0 Å². The van der Waals surface area contributed by atoms with Crippen molar-refractivity contribution in [1.82, 2.24) is 4.90 Å². The van der Waals surface area contributed by atoms with Crippen molar-refractivity contribution in [3.63, 3.8) is 0 Å². The predicted molar refractivity (Wildman–Crippen MR) is 79.9 cm³/mol. The van der Waals surface area contributed by atoms with Crippen LogP contribution in [0.5, 0.6) is 0 Å². The summed E-state index contributed by atoms with van der Waals surface area (Å²) in [6, 6.07) is 9.12. The molecule has 1 rings (SSSR count). The highest BCUT2D eigenvalue weighted by atomic mass is 35.5. The lowest BCUT2D eigenvalue weighted by atomic mass is 10.2. The summed E-state index contributed by atoms with van der Waals surface area (Å²) >= 11 is 5.37. The zero-order valence-corrected chi connectivity index (χ0v) is 12.8. The Balaban J connectivity index is 2.45. The van der Waals surface area contributed by atoms with E-state index in [9.17, 15) is 9.59 Å². The van der Waals surface area contributed by atoms with Crippen LogP contribution in [-0.4, -0.2) is 36.1 Å². The van der Waals surface area contributed by atoms with E-state index in [2.05, 4.69) is 0 Å². The summed E-state index contributed by atoms with van der Waals surface area (Å²) in [5, 5.41) is 0. The molecule has 0 heterocycles. The van der Waals surface area contributed by atoms with Crippen LogP contribution in [0, 0.1) is 0 Å². The summed E-state index contributed by atoms with van der Waals surface area (Å²) in [4.78, 5) is 24.8. The second-order valence-corrected chi connectivity index (χ2v) is 4.66. The molecule has 6 heteroatoms. The normalized spacial score (nSPS) is 10.0. The van der Waals surface area contributed by atoms with Crippen molar-refractivity contribution >= 4 is 23.7 Å². The molecular weight excluding hydrogens is 294 g/mol. The van der Waals surface area contributed by atoms with Crippen LogP contribution in [0.2, 0.25) is 0 Å². The standard InChI is InChI=1S/C15H20ClNO4/c1-2-3-9-17(15(19)21-12-16)10-14(18)20-11-13-7-5-4-6-8-13/h4-8H,2-3,9-12H2,1H3. The maximum Gasteiger partial charge on any atom is 0.411 e. The van der Waals surface area contributed by atoms with E-state index in [1.54, 1.807) is 0 Å². The minimum atomic E-state index is -0.602. The minimum absolute atomic E-state index is 0.136. The van der Waals surface area contributed by atoms with E-state index in [0.717, 1.165) is 18.4 Å². The molecule has 0 atom stereocenters. The van der Waals surface area contributed by atoms with E-state index < -0.39 is 12.1 Å². The van der Waals surface area contributed by atoms with Crippen LogP contribution in [0.4, 0.5) is 4.79 Å². The van der Waals surface area contributed by atoms with E-state index in [0.29, 0.717) is 6.54 Å². The SMILES string of the molecule is CCCCN(CC(=O)OCc1ccccc1)C(=O)OCCl. The number of alkyl halides is 1. The largest absolute Gasteiger partial charge is 0.459 e. The molecule has 0 unspecified atom stereocenters. The highest BCUT2D eigenvalue weighted by Gasteiger charge is 2.18. The summed E-state index contributed by atoms with van der Waals surface area (Å²) in [6.45, 7) is 2.49. The van der Waals surface area contributed by atoms with Crippen molar-refractivity contribution in [3.8, 4) is 0 Å². The van der Waals surface area contributed by atoms with Crippen molar-refractivity contribution in [2.75, 3.05) is 19.2 Å². The molecule has 0 saturated carbocycles. The third-order valence-electron chi connectivity index (χ3n) is 2.78. The molecule has 0 aliphatic rings. The van der Waals surface area contributed by atoms with Crippen LogP contribution < -0.4 is 0 Å².